The molecule has 0 radical (unpaired) electrons. The van der Waals surface area contributed by atoms with Crippen molar-refractivity contribution in [2.24, 2.45) is 11.5 Å². The summed E-state index contributed by atoms with van der Waals surface area (Å²) in [6.45, 7) is 3.47. The quantitative estimate of drug-likeness (QED) is 0.463. The number of carboxylic acid groups (broad SMARTS) is 1. The second kappa shape index (κ2) is 7.68. The highest BCUT2D eigenvalue weighted by atomic mass is 16.4. The van der Waals surface area contributed by atoms with Gasteiger partial charge < -0.3 is 21.7 Å². The van der Waals surface area contributed by atoms with Crippen molar-refractivity contribution in [1.29, 1.82) is 0 Å². The lowest BCUT2D eigenvalue weighted by atomic mass is 10.1. The largest absolute Gasteiger partial charge is 0.480 e. The number of aliphatic hydroxyl groups is 1. The van der Waals surface area contributed by atoms with Gasteiger partial charge in [-0.05, 0) is 13.3 Å². The van der Waals surface area contributed by atoms with Crippen LogP contribution in [0.15, 0.2) is 0 Å². The molecule has 1 amide bonds. The van der Waals surface area contributed by atoms with E-state index in [0.717, 1.165) is 0 Å². The zero-order chi connectivity index (χ0) is 13.4. The molecule has 0 aromatic carbocycles. The van der Waals surface area contributed by atoms with Crippen LogP contribution in [0.4, 0.5) is 0 Å². The summed E-state index contributed by atoms with van der Waals surface area (Å²) in [7, 11) is 0. The Hall–Kier alpha value is -1.58. The smallest absolute Gasteiger partial charge is 0.321 e. The fraction of sp³-hybridized carbons (Fsp3) is 0.600. The third kappa shape index (κ3) is 10.5. The van der Waals surface area contributed by atoms with Crippen LogP contribution >= 0.6 is 0 Å². The molecule has 6 N–H and O–H groups in total. The number of aliphatic carboxylic acids is 1. The van der Waals surface area contributed by atoms with E-state index in [1.807, 2.05) is 6.92 Å². The van der Waals surface area contributed by atoms with E-state index >= 15 is 0 Å². The highest BCUT2D eigenvalue weighted by Crippen LogP contribution is 2.03. The molecule has 0 aliphatic carbocycles. The van der Waals surface area contributed by atoms with Crippen molar-refractivity contribution in [2.75, 3.05) is 0 Å². The molecule has 0 saturated carbocycles. The Labute approximate surface area is 94.6 Å². The van der Waals surface area contributed by atoms with E-state index in [-0.39, 0.29) is 6.42 Å². The number of rotatable bonds is 4. The first-order valence-corrected chi connectivity index (χ1v) is 4.63. The van der Waals surface area contributed by atoms with Gasteiger partial charge in [-0.1, -0.05) is 12.8 Å². The van der Waals surface area contributed by atoms with E-state index in [1.54, 1.807) is 6.92 Å². The van der Waals surface area contributed by atoms with Crippen molar-refractivity contribution in [3.8, 4) is 12.3 Å². The number of amides is 1. The molecule has 0 spiro atoms. The van der Waals surface area contributed by atoms with Gasteiger partial charge in [0, 0.05) is 0 Å². The van der Waals surface area contributed by atoms with Crippen LogP contribution in [0.25, 0.3) is 0 Å². The van der Waals surface area contributed by atoms with Crippen LogP contribution < -0.4 is 11.5 Å². The van der Waals surface area contributed by atoms with Crippen molar-refractivity contribution in [3.05, 3.63) is 0 Å². The summed E-state index contributed by atoms with van der Waals surface area (Å²) in [6.07, 6.45) is 5.22. The molecule has 0 fully saturated rings. The standard InChI is InChI=1S/C6H10O.C4H8N2O3/c1-4-6(3,7)5-2;5-2(4(8)9)1-3(6)7/h1,7H,5H2,2-3H3;2H,1,5H2,(H2,6,7)(H,8,9). The third-order valence-electron chi connectivity index (χ3n) is 1.74. The highest BCUT2D eigenvalue weighted by Gasteiger charge is 2.13. The average molecular weight is 230 g/mol. The van der Waals surface area contributed by atoms with Crippen LogP contribution in [-0.4, -0.2) is 33.7 Å². The molecule has 0 bridgehead atoms. The van der Waals surface area contributed by atoms with E-state index < -0.39 is 23.5 Å². The minimum absolute atomic E-state index is 0.310. The number of terminal acetylenes is 1. The van der Waals surface area contributed by atoms with Gasteiger partial charge in [0.05, 0.1) is 6.42 Å². The minimum atomic E-state index is -1.21. The summed E-state index contributed by atoms with van der Waals surface area (Å²) in [5.41, 5.74) is 8.68. The van der Waals surface area contributed by atoms with E-state index in [0.29, 0.717) is 6.42 Å². The molecule has 2 atom stereocenters. The van der Waals surface area contributed by atoms with Crippen molar-refractivity contribution in [3.63, 3.8) is 0 Å². The summed E-state index contributed by atoms with van der Waals surface area (Å²) >= 11 is 0. The SMILES string of the molecule is C#CC(C)(O)CC.NC(=O)CC(N)C(=O)O. The highest BCUT2D eigenvalue weighted by molar-refractivity contribution is 5.83. The average Bonchev–Trinajstić information content (AvgIpc) is 2.17. The number of carbonyl (C=O) groups is 2. The number of hydrogen-bond acceptors (Lipinski definition) is 4. The normalized spacial score (nSPS) is 14.7. The number of hydrogen-bond donors (Lipinski definition) is 4. The van der Waals surface area contributed by atoms with E-state index in [1.165, 1.54) is 0 Å². The maximum absolute atomic E-state index is 9.99. The van der Waals surface area contributed by atoms with E-state index in [9.17, 15) is 9.59 Å². The Morgan fingerprint density at radius 2 is 2.00 bits per heavy atom. The maximum atomic E-state index is 9.99. The minimum Gasteiger partial charge on any atom is -0.480 e. The van der Waals surface area contributed by atoms with Gasteiger partial charge in [-0.15, -0.1) is 6.42 Å². The molecule has 0 aromatic rings. The lowest BCUT2D eigenvalue weighted by molar-refractivity contribution is -0.140. The summed E-state index contributed by atoms with van der Waals surface area (Å²) < 4.78 is 0. The summed E-state index contributed by atoms with van der Waals surface area (Å²) in [5, 5.41) is 17.0. The van der Waals surface area contributed by atoms with Crippen LogP contribution in [-0.2, 0) is 9.59 Å². The van der Waals surface area contributed by atoms with Gasteiger partial charge in [0.1, 0.15) is 11.6 Å². The molecular weight excluding hydrogens is 212 g/mol. The molecule has 16 heavy (non-hydrogen) atoms. The summed E-state index contributed by atoms with van der Waals surface area (Å²) in [4.78, 5) is 19.9. The number of primary amides is 1. The van der Waals surface area contributed by atoms with Crippen LogP contribution in [0.1, 0.15) is 26.7 Å². The van der Waals surface area contributed by atoms with Gasteiger partial charge >= 0.3 is 5.97 Å². The fourth-order valence-corrected chi connectivity index (χ4v) is 0.406. The maximum Gasteiger partial charge on any atom is 0.321 e. The first-order chi connectivity index (χ1) is 7.16. The topological polar surface area (TPSA) is 127 Å². The Bertz CT molecular complexity index is 281. The van der Waals surface area contributed by atoms with Crippen molar-refractivity contribution < 1.29 is 19.8 Å². The lowest BCUT2D eigenvalue weighted by Crippen LogP contribution is -2.34. The van der Waals surface area contributed by atoms with Gasteiger partial charge in [-0.2, -0.15) is 0 Å². The molecule has 0 aromatic heterocycles. The second-order valence-corrected chi connectivity index (χ2v) is 3.39. The lowest BCUT2D eigenvalue weighted by Gasteiger charge is -2.10. The van der Waals surface area contributed by atoms with E-state index in [2.05, 4.69) is 11.7 Å². The predicted molar refractivity (Wildman–Crippen MR) is 59.2 cm³/mol. The number of nitrogens with two attached hydrogens (primary N) is 2. The number of carbonyl (C=O) groups excluding carboxylic acids is 1. The zero-order valence-electron chi connectivity index (χ0n) is 9.43. The Balaban J connectivity index is 0. The Morgan fingerprint density at radius 3 is 2.06 bits per heavy atom. The third-order valence-corrected chi connectivity index (χ3v) is 1.74. The molecule has 0 saturated heterocycles. The number of carboxylic acids is 1. The van der Waals surface area contributed by atoms with Crippen molar-refractivity contribution >= 4 is 11.9 Å². The van der Waals surface area contributed by atoms with E-state index in [4.69, 9.17) is 22.4 Å². The van der Waals surface area contributed by atoms with Crippen LogP contribution in [0.2, 0.25) is 0 Å². The first kappa shape index (κ1) is 16.8. The fourth-order valence-electron chi connectivity index (χ4n) is 0.406. The molecule has 0 aliphatic heterocycles. The zero-order valence-corrected chi connectivity index (χ0v) is 9.43. The van der Waals surface area contributed by atoms with Gasteiger partial charge in [-0.25, -0.2) is 0 Å². The molecule has 92 valence electrons. The van der Waals surface area contributed by atoms with Crippen LogP contribution in [0.3, 0.4) is 0 Å². The second-order valence-electron chi connectivity index (χ2n) is 3.39. The molecule has 0 rings (SSSR count). The molecule has 2 unspecified atom stereocenters. The summed E-state index contributed by atoms with van der Waals surface area (Å²) in [6, 6.07) is -1.16. The van der Waals surface area contributed by atoms with Crippen LogP contribution in [0.5, 0.6) is 0 Å². The predicted octanol–water partition coefficient (Wildman–Crippen LogP) is -0.946. The summed E-state index contributed by atoms with van der Waals surface area (Å²) in [5.74, 6) is 0.329. The van der Waals surface area contributed by atoms with Gasteiger partial charge in [0.2, 0.25) is 5.91 Å². The molecule has 6 heteroatoms. The van der Waals surface area contributed by atoms with Gasteiger partial charge in [0.15, 0.2) is 0 Å². The molecular formula is C10H18N2O4. The monoisotopic (exact) mass is 230 g/mol. The van der Waals surface area contributed by atoms with Gasteiger partial charge in [0.25, 0.3) is 0 Å². The van der Waals surface area contributed by atoms with Crippen molar-refractivity contribution in [2.45, 2.75) is 38.3 Å². The molecule has 0 heterocycles. The van der Waals surface area contributed by atoms with Gasteiger partial charge in [-0.3, -0.25) is 9.59 Å². The van der Waals surface area contributed by atoms with Crippen LogP contribution in [0, 0.1) is 12.3 Å². The Kier molecular flexibility index (Phi) is 8.08. The Morgan fingerprint density at radius 1 is 1.56 bits per heavy atom. The molecule has 6 nitrogen and oxygen atoms in total. The van der Waals surface area contributed by atoms with Crippen molar-refractivity contribution in [1.82, 2.24) is 0 Å². The molecule has 0 aliphatic rings. The first-order valence-electron chi connectivity index (χ1n) is 4.63.